The molecule has 29 heavy (non-hydrogen) atoms. The summed E-state index contributed by atoms with van der Waals surface area (Å²) in [4.78, 5) is 15.1. The maximum atomic E-state index is 13.1. The van der Waals surface area contributed by atoms with Crippen molar-refractivity contribution < 1.29 is 22.8 Å². The summed E-state index contributed by atoms with van der Waals surface area (Å²) in [6, 6.07) is 9.05. The number of methoxy groups -OCH3 is 1. The molecule has 152 valence electrons. The average Bonchev–Trinajstić information content (AvgIpc) is 3.19. The van der Waals surface area contributed by atoms with Crippen LogP contribution < -0.4 is 9.47 Å². The number of rotatable bonds is 7. The molecule has 1 heterocycles. The third kappa shape index (κ3) is 3.79. The van der Waals surface area contributed by atoms with Gasteiger partial charge < -0.3 is 9.47 Å². The maximum Gasteiger partial charge on any atom is 0.315 e. The average molecular weight is 417 g/mol. The Morgan fingerprint density at radius 2 is 1.90 bits per heavy atom. The summed E-state index contributed by atoms with van der Waals surface area (Å²) in [5, 5.41) is 11.5. The minimum absolute atomic E-state index is 0.0232. The Morgan fingerprint density at radius 3 is 2.48 bits per heavy atom. The molecule has 0 amide bonds. The van der Waals surface area contributed by atoms with Gasteiger partial charge in [0.25, 0.3) is 10.0 Å². The summed E-state index contributed by atoms with van der Waals surface area (Å²) >= 11 is 0. The highest BCUT2D eigenvalue weighted by atomic mass is 32.2. The fourth-order valence-corrected chi connectivity index (χ4v) is 4.11. The van der Waals surface area contributed by atoms with Crippen molar-refractivity contribution in [3.8, 4) is 22.9 Å². The Morgan fingerprint density at radius 1 is 1.21 bits per heavy atom. The molecule has 0 aliphatic carbocycles. The van der Waals surface area contributed by atoms with Crippen LogP contribution in [0.3, 0.4) is 0 Å². The molecule has 3 aromatic rings. The van der Waals surface area contributed by atoms with Gasteiger partial charge in [-0.05, 0) is 32.0 Å². The molecule has 1 aromatic heterocycles. The molecule has 9 nitrogen and oxygen atoms in total. The summed E-state index contributed by atoms with van der Waals surface area (Å²) in [5.41, 5.74) is 0.780. The molecule has 0 bridgehead atoms. The highest BCUT2D eigenvalue weighted by molar-refractivity contribution is 7.90. The van der Waals surface area contributed by atoms with Gasteiger partial charge in [-0.2, -0.15) is 0 Å². The fraction of sp³-hybridized carbons (Fsp3) is 0.211. The second-order valence-electron chi connectivity index (χ2n) is 6.08. The van der Waals surface area contributed by atoms with Gasteiger partial charge in [0, 0.05) is 24.0 Å². The summed E-state index contributed by atoms with van der Waals surface area (Å²) < 4.78 is 37.7. The Hall–Kier alpha value is -3.40. The lowest BCUT2D eigenvalue weighted by Crippen LogP contribution is -2.13. The highest BCUT2D eigenvalue weighted by Crippen LogP contribution is 2.41. The second-order valence-corrected chi connectivity index (χ2v) is 7.90. The lowest BCUT2D eigenvalue weighted by atomic mass is 10.1. The van der Waals surface area contributed by atoms with E-state index < -0.39 is 14.9 Å². The van der Waals surface area contributed by atoms with Crippen molar-refractivity contribution in [2.45, 2.75) is 18.7 Å². The van der Waals surface area contributed by atoms with Crippen LogP contribution in [0.4, 0.5) is 5.69 Å². The zero-order valence-corrected chi connectivity index (χ0v) is 16.8. The van der Waals surface area contributed by atoms with Crippen LogP contribution >= 0.6 is 0 Å². The third-order valence-electron chi connectivity index (χ3n) is 4.18. The number of ether oxygens (including phenoxy) is 2. The molecule has 0 saturated carbocycles. The number of nitrogens with zero attached hydrogens (tertiary/aromatic N) is 3. The van der Waals surface area contributed by atoms with Crippen molar-refractivity contribution in [2.75, 3.05) is 13.7 Å². The quantitative estimate of drug-likeness (QED) is 0.427. The van der Waals surface area contributed by atoms with E-state index in [1.165, 1.54) is 43.8 Å². The van der Waals surface area contributed by atoms with Crippen molar-refractivity contribution in [2.24, 2.45) is 0 Å². The van der Waals surface area contributed by atoms with E-state index in [4.69, 9.17) is 9.47 Å². The molecular formula is C19H19N3O6S. The molecule has 0 aliphatic heterocycles. The van der Waals surface area contributed by atoms with Gasteiger partial charge in [0.1, 0.15) is 0 Å². The standard InChI is InChI=1S/C19H19N3O6S/c1-4-28-18-16(22(23)24)11-14(12-17(18)27-3)19-20-9-10-21(19)29(25,26)15-7-5-13(2)6-8-15/h5-12H,4H2,1-3H3. The number of aryl methyl sites for hydroxylation is 1. The molecular weight excluding hydrogens is 398 g/mol. The van der Waals surface area contributed by atoms with Crippen LogP contribution in [0.5, 0.6) is 11.5 Å². The largest absolute Gasteiger partial charge is 0.493 e. The second kappa shape index (κ2) is 7.92. The first-order valence-electron chi connectivity index (χ1n) is 8.64. The van der Waals surface area contributed by atoms with E-state index in [1.54, 1.807) is 19.1 Å². The molecule has 0 aliphatic rings. The van der Waals surface area contributed by atoms with E-state index >= 15 is 0 Å². The van der Waals surface area contributed by atoms with Crippen molar-refractivity contribution in [1.29, 1.82) is 0 Å². The van der Waals surface area contributed by atoms with Gasteiger partial charge in [-0.1, -0.05) is 17.7 Å². The summed E-state index contributed by atoms with van der Waals surface area (Å²) in [6.07, 6.45) is 2.61. The molecule has 0 atom stereocenters. The molecule has 0 unspecified atom stereocenters. The third-order valence-corrected chi connectivity index (χ3v) is 5.86. The first kappa shape index (κ1) is 20.3. The van der Waals surface area contributed by atoms with Gasteiger partial charge in [0.2, 0.25) is 5.75 Å². The van der Waals surface area contributed by atoms with Crippen LogP contribution in [0.25, 0.3) is 11.4 Å². The van der Waals surface area contributed by atoms with E-state index in [2.05, 4.69) is 4.98 Å². The fourth-order valence-electron chi connectivity index (χ4n) is 2.80. The lowest BCUT2D eigenvalue weighted by molar-refractivity contribution is -0.385. The minimum Gasteiger partial charge on any atom is -0.493 e. The zero-order valence-electron chi connectivity index (χ0n) is 16.0. The molecule has 0 saturated heterocycles. The van der Waals surface area contributed by atoms with Crippen molar-refractivity contribution in [3.63, 3.8) is 0 Å². The molecule has 0 fully saturated rings. The highest BCUT2D eigenvalue weighted by Gasteiger charge is 2.26. The van der Waals surface area contributed by atoms with E-state index in [-0.39, 0.29) is 40.1 Å². The summed E-state index contributed by atoms with van der Waals surface area (Å²) in [5.74, 6) is 0.108. The maximum absolute atomic E-state index is 13.1. The summed E-state index contributed by atoms with van der Waals surface area (Å²) in [6.45, 7) is 3.75. The predicted octanol–water partition coefficient (Wildman–Crippen LogP) is 3.41. The molecule has 0 N–H and O–H groups in total. The number of imidazole rings is 1. The number of hydrogen-bond acceptors (Lipinski definition) is 7. The number of nitro groups is 1. The number of hydrogen-bond donors (Lipinski definition) is 0. The van der Waals surface area contributed by atoms with E-state index in [0.717, 1.165) is 9.54 Å². The van der Waals surface area contributed by atoms with Crippen molar-refractivity contribution >= 4 is 15.7 Å². The van der Waals surface area contributed by atoms with Gasteiger partial charge in [-0.15, -0.1) is 0 Å². The van der Waals surface area contributed by atoms with Crippen LogP contribution in [0.1, 0.15) is 12.5 Å². The van der Waals surface area contributed by atoms with Gasteiger partial charge in [-0.25, -0.2) is 17.4 Å². The first-order valence-corrected chi connectivity index (χ1v) is 10.1. The molecule has 0 radical (unpaired) electrons. The molecule has 0 spiro atoms. The Balaban J connectivity index is 2.19. The number of aromatic nitrogens is 2. The molecule has 3 rings (SSSR count). The molecule has 2 aromatic carbocycles. The Kier molecular flexibility index (Phi) is 5.55. The van der Waals surface area contributed by atoms with Crippen molar-refractivity contribution in [3.05, 3.63) is 64.5 Å². The van der Waals surface area contributed by atoms with E-state index in [0.29, 0.717) is 0 Å². The minimum atomic E-state index is -3.95. The normalized spacial score (nSPS) is 11.3. The van der Waals surface area contributed by atoms with Gasteiger partial charge >= 0.3 is 5.69 Å². The Labute approximate surface area is 167 Å². The van der Waals surface area contributed by atoms with Crippen LogP contribution in [-0.4, -0.2) is 36.0 Å². The topological polar surface area (TPSA) is 114 Å². The van der Waals surface area contributed by atoms with Crippen LogP contribution in [0.15, 0.2) is 53.7 Å². The lowest BCUT2D eigenvalue weighted by Gasteiger charge is -2.13. The van der Waals surface area contributed by atoms with Crippen LogP contribution in [-0.2, 0) is 10.0 Å². The number of nitro benzene ring substituents is 1. The first-order chi connectivity index (χ1) is 13.8. The van der Waals surface area contributed by atoms with Gasteiger partial charge in [0.05, 0.1) is 23.5 Å². The van der Waals surface area contributed by atoms with Crippen molar-refractivity contribution in [1.82, 2.24) is 8.96 Å². The Bertz CT molecular complexity index is 1150. The predicted molar refractivity (Wildman–Crippen MR) is 106 cm³/mol. The number of benzene rings is 2. The van der Waals surface area contributed by atoms with Gasteiger partial charge in [0.15, 0.2) is 11.6 Å². The zero-order chi connectivity index (χ0) is 21.2. The summed E-state index contributed by atoms with van der Waals surface area (Å²) in [7, 11) is -2.60. The smallest absolute Gasteiger partial charge is 0.315 e. The van der Waals surface area contributed by atoms with Crippen LogP contribution in [0, 0.1) is 17.0 Å². The van der Waals surface area contributed by atoms with Gasteiger partial charge in [-0.3, -0.25) is 10.1 Å². The molecule has 10 heteroatoms. The van der Waals surface area contributed by atoms with E-state index in [9.17, 15) is 18.5 Å². The monoisotopic (exact) mass is 417 g/mol. The van der Waals surface area contributed by atoms with E-state index in [1.807, 2.05) is 6.92 Å². The SMILES string of the molecule is CCOc1c(OC)cc(-c2nccn2S(=O)(=O)c2ccc(C)cc2)cc1[N+](=O)[O-]. The van der Waals surface area contributed by atoms with Crippen LogP contribution in [0.2, 0.25) is 0 Å².